The summed E-state index contributed by atoms with van der Waals surface area (Å²) in [6.07, 6.45) is 9.88. The van der Waals surface area contributed by atoms with E-state index in [4.69, 9.17) is 4.74 Å². The molecule has 1 aromatic heterocycles. The highest BCUT2D eigenvalue weighted by molar-refractivity contribution is 5.93. The third-order valence-electron chi connectivity index (χ3n) is 5.28. The number of amides is 1. The van der Waals surface area contributed by atoms with Gasteiger partial charge in [-0.05, 0) is 43.9 Å². The van der Waals surface area contributed by atoms with E-state index < -0.39 is 0 Å². The Morgan fingerprint density at radius 2 is 2.00 bits per heavy atom. The Bertz CT molecular complexity index is 714. The molecule has 0 unspecified atom stereocenters. The molecule has 0 atom stereocenters. The molecular weight excluding hydrogens is 302 g/mol. The summed E-state index contributed by atoms with van der Waals surface area (Å²) in [7, 11) is 0. The normalized spacial score (nSPS) is 19.3. The van der Waals surface area contributed by atoms with Crippen LogP contribution in [-0.2, 0) is 9.53 Å². The topological polar surface area (TPSA) is 67.0 Å². The number of rotatable bonds is 5. The number of hydrogen-bond donors (Lipinski definition) is 2. The molecule has 24 heavy (non-hydrogen) atoms. The van der Waals surface area contributed by atoms with Crippen LogP contribution in [0.2, 0.25) is 0 Å². The summed E-state index contributed by atoms with van der Waals surface area (Å²) in [6.45, 7) is 0.138. The molecule has 2 aromatic rings. The van der Waals surface area contributed by atoms with Crippen molar-refractivity contribution in [1.82, 2.24) is 9.97 Å². The minimum atomic E-state index is -0.0846. The number of nitrogens with zero attached hydrogens (tertiary/aromatic N) is 1. The Morgan fingerprint density at radius 3 is 2.75 bits per heavy atom. The fraction of sp³-hybridized carbons (Fsp3) is 0.579. The maximum atomic E-state index is 12.1. The van der Waals surface area contributed by atoms with E-state index in [1.165, 1.54) is 38.5 Å². The zero-order valence-electron chi connectivity index (χ0n) is 14.0. The largest absolute Gasteiger partial charge is 0.368 e. The average Bonchev–Trinajstić information content (AvgIpc) is 2.94. The van der Waals surface area contributed by atoms with Gasteiger partial charge < -0.3 is 15.0 Å². The highest BCUT2D eigenvalue weighted by atomic mass is 16.5. The number of nitrogens with one attached hydrogen (secondary N) is 2. The van der Waals surface area contributed by atoms with Gasteiger partial charge in [-0.25, -0.2) is 4.98 Å². The van der Waals surface area contributed by atoms with Crippen LogP contribution in [-0.4, -0.2) is 28.6 Å². The van der Waals surface area contributed by atoms with Gasteiger partial charge in [0.05, 0.1) is 17.1 Å². The molecular formula is C19H25N3O2. The Labute approximate surface area is 142 Å². The molecule has 5 nitrogen and oxygen atoms in total. The summed E-state index contributed by atoms with van der Waals surface area (Å²) >= 11 is 0. The summed E-state index contributed by atoms with van der Waals surface area (Å²) in [5, 5.41) is 2.93. The molecule has 128 valence electrons. The first kappa shape index (κ1) is 15.6. The zero-order chi connectivity index (χ0) is 16.4. The predicted octanol–water partition coefficient (Wildman–Crippen LogP) is 4.12. The van der Waals surface area contributed by atoms with Crippen molar-refractivity contribution in [3.8, 4) is 0 Å². The smallest absolute Gasteiger partial charge is 0.250 e. The van der Waals surface area contributed by atoms with Crippen molar-refractivity contribution in [1.29, 1.82) is 0 Å². The molecule has 1 heterocycles. The highest BCUT2D eigenvalue weighted by Gasteiger charge is 2.22. The van der Waals surface area contributed by atoms with Crippen LogP contribution in [0, 0.1) is 0 Å². The van der Waals surface area contributed by atoms with Crippen LogP contribution in [0.1, 0.15) is 63.1 Å². The second kappa shape index (κ2) is 6.93. The summed E-state index contributed by atoms with van der Waals surface area (Å²) in [6, 6.07) is 5.83. The number of carbonyl (C=O) groups excluding carboxylic acids is 1. The minimum absolute atomic E-state index is 0.0846. The first-order valence-electron chi connectivity index (χ1n) is 9.19. The lowest BCUT2D eigenvalue weighted by atomic mass is 9.85. The van der Waals surface area contributed by atoms with Gasteiger partial charge >= 0.3 is 0 Å². The van der Waals surface area contributed by atoms with Crippen molar-refractivity contribution in [3.63, 3.8) is 0 Å². The molecule has 2 saturated carbocycles. The number of hydrogen-bond acceptors (Lipinski definition) is 3. The molecule has 1 aromatic carbocycles. The molecule has 0 saturated heterocycles. The van der Waals surface area contributed by atoms with Crippen molar-refractivity contribution in [3.05, 3.63) is 24.0 Å². The second-order valence-electron chi connectivity index (χ2n) is 7.10. The van der Waals surface area contributed by atoms with E-state index in [1.807, 2.05) is 18.2 Å². The molecule has 0 spiro atoms. The molecule has 2 N–H and O–H groups in total. The van der Waals surface area contributed by atoms with E-state index in [0.717, 1.165) is 35.4 Å². The van der Waals surface area contributed by atoms with Crippen molar-refractivity contribution in [2.45, 2.75) is 63.4 Å². The zero-order valence-corrected chi connectivity index (χ0v) is 14.0. The number of imidazole rings is 1. The summed E-state index contributed by atoms with van der Waals surface area (Å²) in [5.74, 6) is 1.58. The van der Waals surface area contributed by atoms with Crippen molar-refractivity contribution >= 4 is 22.6 Å². The third kappa shape index (κ3) is 3.46. The van der Waals surface area contributed by atoms with Gasteiger partial charge in [0.1, 0.15) is 12.4 Å². The van der Waals surface area contributed by atoms with E-state index in [9.17, 15) is 4.79 Å². The highest BCUT2D eigenvalue weighted by Crippen LogP contribution is 2.35. The summed E-state index contributed by atoms with van der Waals surface area (Å²) in [5.41, 5.74) is 2.75. The fourth-order valence-electron chi connectivity index (χ4n) is 3.60. The summed E-state index contributed by atoms with van der Waals surface area (Å²) in [4.78, 5) is 20.2. The molecule has 5 heteroatoms. The van der Waals surface area contributed by atoms with Gasteiger partial charge in [0.2, 0.25) is 5.91 Å². The number of aromatic amines is 1. The van der Waals surface area contributed by atoms with Crippen molar-refractivity contribution < 1.29 is 9.53 Å². The van der Waals surface area contributed by atoms with Gasteiger partial charge in [0.15, 0.2) is 0 Å². The van der Waals surface area contributed by atoms with E-state index in [1.54, 1.807) is 0 Å². The number of aromatic nitrogens is 2. The van der Waals surface area contributed by atoms with E-state index in [-0.39, 0.29) is 18.6 Å². The standard InChI is InChI=1S/C19H25N3O2/c23-18(12-24-15-7-2-1-3-8-15)20-14-9-10-16-17(11-14)22-19(21-16)13-5-4-6-13/h9-11,13,15H,1-8,12H2,(H,20,23)(H,21,22). The summed E-state index contributed by atoms with van der Waals surface area (Å²) < 4.78 is 5.73. The maximum Gasteiger partial charge on any atom is 0.250 e. The Kier molecular flexibility index (Phi) is 4.52. The Balaban J connectivity index is 1.35. The SMILES string of the molecule is O=C(COC1CCCCC1)Nc1ccc2nc(C3CCC3)[nH]c2c1. The number of anilines is 1. The number of H-pyrrole nitrogens is 1. The third-order valence-corrected chi connectivity index (χ3v) is 5.28. The number of fused-ring (bicyclic) bond motifs is 1. The van der Waals surface area contributed by atoms with Crippen molar-refractivity contribution in [2.24, 2.45) is 0 Å². The Hall–Kier alpha value is -1.88. The van der Waals surface area contributed by atoms with Crippen LogP contribution < -0.4 is 5.32 Å². The van der Waals surface area contributed by atoms with Crippen LogP contribution >= 0.6 is 0 Å². The number of carbonyl (C=O) groups is 1. The van der Waals surface area contributed by atoms with Crippen LogP contribution in [0.4, 0.5) is 5.69 Å². The molecule has 0 aliphatic heterocycles. The first-order chi connectivity index (χ1) is 11.8. The Morgan fingerprint density at radius 1 is 1.17 bits per heavy atom. The second-order valence-corrected chi connectivity index (χ2v) is 7.10. The molecule has 0 radical (unpaired) electrons. The lowest BCUT2D eigenvalue weighted by molar-refractivity contribution is -0.123. The quantitative estimate of drug-likeness (QED) is 0.868. The van der Waals surface area contributed by atoms with Gasteiger partial charge in [-0.2, -0.15) is 0 Å². The average molecular weight is 327 g/mol. The molecule has 1 amide bonds. The van der Waals surface area contributed by atoms with E-state index in [0.29, 0.717) is 5.92 Å². The van der Waals surface area contributed by atoms with Crippen LogP contribution in [0.25, 0.3) is 11.0 Å². The monoisotopic (exact) mass is 327 g/mol. The lowest BCUT2D eigenvalue weighted by Gasteiger charge is -2.22. The number of ether oxygens (including phenoxy) is 1. The minimum Gasteiger partial charge on any atom is -0.368 e. The van der Waals surface area contributed by atoms with Crippen LogP contribution in [0.15, 0.2) is 18.2 Å². The van der Waals surface area contributed by atoms with E-state index >= 15 is 0 Å². The molecule has 0 bridgehead atoms. The molecule has 2 fully saturated rings. The maximum absolute atomic E-state index is 12.1. The first-order valence-corrected chi connectivity index (χ1v) is 9.19. The lowest BCUT2D eigenvalue weighted by Crippen LogP contribution is -2.24. The molecule has 2 aliphatic carbocycles. The van der Waals surface area contributed by atoms with Crippen LogP contribution in [0.5, 0.6) is 0 Å². The van der Waals surface area contributed by atoms with Crippen molar-refractivity contribution in [2.75, 3.05) is 11.9 Å². The van der Waals surface area contributed by atoms with Gasteiger partial charge in [0, 0.05) is 11.6 Å². The van der Waals surface area contributed by atoms with Gasteiger partial charge in [-0.1, -0.05) is 25.7 Å². The molecule has 2 aliphatic rings. The van der Waals surface area contributed by atoms with E-state index in [2.05, 4.69) is 15.3 Å². The molecule has 4 rings (SSSR count). The van der Waals surface area contributed by atoms with Gasteiger partial charge in [-0.3, -0.25) is 4.79 Å². The van der Waals surface area contributed by atoms with Crippen LogP contribution in [0.3, 0.4) is 0 Å². The van der Waals surface area contributed by atoms with Gasteiger partial charge in [0.25, 0.3) is 0 Å². The van der Waals surface area contributed by atoms with Gasteiger partial charge in [-0.15, -0.1) is 0 Å². The fourth-order valence-corrected chi connectivity index (χ4v) is 3.60. The number of benzene rings is 1. The predicted molar refractivity (Wildman–Crippen MR) is 94.1 cm³/mol.